The average molecular weight is 202 g/mol. The minimum atomic E-state index is -0.526. The van der Waals surface area contributed by atoms with Gasteiger partial charge in [-0.2, -0.15) is 0 Å². The van der Waals surface area contributed by atoms with E-state index < -0.39 is 11.5 Å². The van der Waals surface area contributed by atoms with Gasteiger partial charge in [-0.3, -0.25) is 4.79 Å². The Morgan fingerprint density at radius 3 is 2.21 bits per heavy atom. The number of alkyl carbamates (subject to hydrolysis) is 1. The number of carbonyl (C=O) groups excluding carboxylic acids is 2. The minimum absolute atomic E-state index is 0.0922. The van der Waals surface area contributed by atoms with Crippen molar-refractivity contribution < 1.29 is 14.3 Å². The van der Waals surface area contributed by atoms with Crippen molar-refractivity contribution in [2.24, 2.45) is 5.41 Å². The Hall–Kier alpha value is -1.26. The highest BCUT2D eigenvalue weighted by Crippen LogP contribution is 2.11. The largest absolute Gasteiger partial charge is 0.450 e. The van der Waals surface area contributed by atoms with Gasteiger partial charge in [-0.15, -0.1) is 0 Å². The predicted octanol–water partition coefficient (Wildman–Crippen LogP) is 0.852. The predicted molar refractivity (Wildman–Crippen MR) is 52.6 cm³/mol. The first kappa shape index (κ1) is 12.7. The lowest BCUT2D eigenvalue weighted by molar-refractivity contribution is -0.128. The van der Waals surface area contributed by atoms with E-state index in [1.807, 2.05) is 0 Å². The summed E-state index contributed by atoms with van der Waals surface area (Å²) in [5, 5.41) is 4.95. The highest BCUT2D eigenvalue weighted by Gasteiger charge is 2.20. The first-order chi connectivity index (χ1) is 6.38. The fourth-order valence-electron chi connectivity index (χ4n) is 0.644. The molecule has 5 nitrogen and oxygen atoms in total. The number of hydrogen-bond acceptors (Lipinski definition) is 3. The number of carbonyl (C=O) groups is 2. The molecule has 0 radical (unpaired) electrons. The lowest BCUT2D eigenvalue weighted by Crippen LogP contribution is -2.42. The van der Waals surface area contributed by atoms with E-state index in [9.17, 15) is 9.59 Å². The minimum Gasteiger partial charge on any atom is -0.450 e. The van der Waals surface area contributed by atoms with E-state index in [1.165, 1.54) is 0 Å². The van der Waals surface area contributed by atoms with Crippen LogP contribution in [0.25, 0.3) is 0 Å². The molecule has 0 aromatic carbocycles. The Morgan fingerprint density at radius 2 is 1.79 bits per heavy atom. The fourth-order valence-corrected chi connectivity index (χ4v) is 0.644. The van der Waals surface area contributed by atoms with Crippen LogP contribution < -0.4 is 10.6 Å². The summed E-state index contributed by atoms with van der Waals surface area (Å²) in [7, 11) is 0. The van der Waals surface area contributed by atoms with Crippen molar-refractivity contribution in [3.8, 4) is 0 Å². The zero-order valence-electron chi connectivity index (χ0n) is 9.14. The molecular weight excluding hydrogens is 184 g/mol. The molecule has 0 aromatic rings. The first-order valence-corrected chi connectivity index (χ1v) is 4.57. The maximum absolute atomic E-state index is 11.3. The number of amides is 2. The summed E-state index contributed by atoms with van der Waals surface area (Å²) in [6.07, 6.45) is -0.526. The molecule has 0 aliphatic heterocycles. The second-order valence-electron chi connectivity index (χ2n) is 3.83. The molecule has 0 rings (SSSR count). The summed E-state index contributed by atoms with van der Waals surface area (Å²) in [4.78, 5) is 22.1. The Morgan fingerprint density at radius 1 is 1.21 bits per heavy atom. The smallest absolute Gasteiger partial charge is 0.408 e. The van der Waals surface area contributed by atoms with Crippen LogP contribution in [0.15, 0.2) is 0 Å². The lowest BCUT2D eigenvalue weighted by atomic mass is 9.96. The van der Waals surface area contributed by atoms with Gasteiger partial charge >= 0.3 is 6.09 Å². The molecular formula is C9H18N2O3. The Kier molecular flexibility index (Phi) is 4.97. The topological polar surface area (TPSA) is 67.4 Å². The van der Waals surface area contributed by atoms with Crippen molar-refractivity contribution in [2.45, 2.75) is 27.7 Å². The normalized spacial score (nSPS) is 10.6. The number of hydrogen-bond donors (Lipinski definition) is 2. The molecule has 0 heterocycles. The standard InChI is InChI=1S/C9H18N2O3/c1-5-14-8(13)11-6-10-7(12)9(2,3)4/h5-6H2,1-4H3,(H,10,12)(H,11,13). The van der Waals surface area contributed by atoms with Crippen molar-refractivity contribution >= 4 is 12.0 Å². The van der Waals surface area contributed by atoms with E-state index in [-0.39, 0.29) is 12.6 Å². The second-order valence-corrected chi connectivity index (χ2v) is 3.83. The monoisotopic (exact) mass is 202 g/mol. The Balaban J connectivity index is 3.65. The maximum Gasteiger partial charge on any atom is 0.408 e. The van der Waals surface area contributed by atoms with Crippen molar-refractivity contribution in [1.82, 2.24) is 10.6 Å². The van der Waals surface area contributed by atoms with Gasteiger partial charge < -0.3 is 15.4 Å². The first-order valence-electron chi connectivity index (χ1n) is 4.57. The third-order valence-electron chi connectivity index (χ3n) is 1.44. The summed E-state index contributed by atoms with van der Waals surface area (Å²) in [5.41, 5.74) is -0.448. The molecule has 0 aromatic heterocycles. The summed E-state index contributed by atoms with van der Waals surface area (Å²) in [6, 6.07) is 0. The van der Waals surface area contributed by atoms with Gasteiger partial charge in [0.15, 0.2) is 0 Å². The highest BCUT2D eigenvalue weighted by molar-refractivity contribution is 5.81. The van der Waals surface area contributed by atoms with Crippen LogP contribution in [0.4, 0.5) is 4.79 Å². The van der Waals surface area contributed by atoms with E-state index in [4.69, 9.17) is 0 Å². The molecule has 0 atom stereocenters. The molecule has 0 aliphatic carbocycles. The SMILES string of the molecule is CCOC(=O)NCNC(=O)C(C)(C)C. The van der Waals surface area contributed by atoms with E-state index in [1.54, 1.807) is 27.7 Å². The molecule has 0 fully saturated rings. The van der Waals surface area contributed by atoms with Gasteiger partial charge in [-0.25, -0.2) is 4.79 Å². The molecule has 0 spiro atoms. The van der Waals surface area contributed by atoms with Gasteiger partial charge in [-0.05, 0) is 6.92 Å². The molecule has 5 heteroatoms. The third kappa shape index (κ3) is 5.40. The second kappa shape index (κ2) is 5.47. The summed E-state index contributed by atoms with van der Waals surface area (Å²) >= 11 is 0. The van der Waals surface area contributed by atoms with Crippen molar-refractivity contribution in [3.05, 3.63) is 0 Å². The molecule has 0 bridgehead atoms. The average Bonchev–Trinajstić information content (AvgIpc) is 2.02. The van der Waals surface area contributed by atoms with Gasteiger partial charge in [0.1, 0.15) is 0 Å². The van der Waals surface area contributed by atoms with E-state index >= 15 is 0 Å². The van der Waals surface area contributed by atoms with Crippen molar-refractivity contribution in [2.75, 3.05) is 13.3 Å². The molecule has 2 N–H and O–H groups in total. The van der Waals surface area contributed by atoms with Gasteiger partial charge in [-0.1, -0.05) is 20.8 Å². The molecule has 0 saturated carbocycles. The maximum atomic E-state index is 11.3. The summed E-state index contributed by atoms with van der Waals surface area (Å²) in [5.74, 6) is -0.116. The van der Waals surface area contributed by atoms with Crippen molar-refractivity contribution in [1.29, 1.82) is 0 Å². The zero-order valence-corrected chi connectivity index (χ0v) is 9.14. The van der Waals surface area contributed by atoms with Crippen LogP contribution in [0.5, 0.6) is 0 Å². The van der Waals surface area contributed by atoms with Crippen LogP contribution in [-0.2, 0) is 9.53 Å². The molecule has 0 saturated heterocycles. The van der Waals surface area contributed by atoms with E-state index in [0.29, 0.717) is 6.61 Å². The Bertz CT molecular complexity index is 209. The van der Waals surface area contributed by atoms with Crippen molar-refractivity contribution in [3.63, 3.8) is 0 Å². The highest BCUT2D eigenvalue weighted by atomic mass is 16.5. The molecule has 82 valence electrons. The van der Waals surface area contributed by atoms with E-state index in [0.717, 1.165) is 0 Å². The number of ether oxygens (including phenoxy) is 1. The van der Waals surface area contributed by atoms with Crippen LogP contribution in [0.2, 0.25) is 0 Å². The quantitative estimate of drug-likeness (QED) is 0.667. The van der Waals surface area contributed by atoms with Gasteiger partial charge in [0.2, 0.25) is 5.91 Å². The molecule has 0 unspecified atom stereocenters. The van der Waals surface area contributed by atoms with Gasteiger partial charge in [0, 0.05) is 5.41 Å². The molecule has 0 aliphatic rings. The number of rotatable bonds is 3. The molecule has 2 amide bonds. The van der Waals surface area contributed by atoms with Crippen LogP contribution in [0.3, 0.4) is 0 Å². The summed E-state index contributed by atoms with van der Waals surface area (Å²) in [6.45, 7) is 7.52. The van der Waals surface area contributed by atoms with Crippen LogP contribution in [0, 0.1) is 5.41 Å². The van der Waals surface area contributed by atoms with Crippen LogP contribution in [0.1, 0.15) is 27.7 Å². The lowest BCUT2D eigenvalue weighted by Gasteiger charge is -2.17. The van der Waals surface area contributed by atoms with E-state index in [2.05, 4.69) is 15.4 Å². The van der Waals surface area contributed by atoms with Gasteiger partial charge in [0.25, 0.3) is 0 Å². The zero-order chi connectivity index (χ0) is 11.2. The fraction of sp³-hybridized carbons (Fsp3) is 0.778. The summed E-state index contributed by atoms with van der Waals surface area (Å²) < 4.78 is 4.61. The van der Waals surface area contributed by atoms with Crippen LogP contribution >= 0.6 is 0 Å². The number of nitrogens with one attached hydrogen (secondary N) is 2. The van der Waals surface area contributed by atoms with Crippen LogP contribution in [-0.4, -0.2) is 25.3 Å². The third-order valence-corrected chi connectivity index (χ3v) is 1.44. The van der Waals surface area contributed by atoms with Gasteiger partial charge in [0.05, 0.1) is 13.3 Å². The Labute approximate surface area is 84.2 Å². The molecule has 14 heavy (non-hydrogen) atoms.